The first-order valence-electron chi connectivity index (χ1n) is 8.42. The number of benzene rings is 1. The molecule has 1 aromatic carbocycles. The zero-order valence-corrected chi connectivity index (χ0v) is 15.1. The van der Waals surface area contributed by atoms with Crippen molar-refractivity contribution in [2.45, 2.75) is 51.5 Å². The van der Waals surface area contributed by atoms with E-state index in [1.165, 1.54) is 0 Å². The molecule has 0 saturated carbocycles. The summed E-state index contributed by atoms with van der Waals surface area (Å²) in [5.41, 5.74) is 7.25. The fourth-order valence-corrected chi connectivity index (χ4v) is 4.68. The number of primary amides is 1. The van der Waals surface area contributed by atoms with E-state index >= 15 is 0 Å². The van der Waals surface area contributed by atoms with E-state index in [9.17, 15) is 19.1 Å². The van der Waals surface area contributed by atoms with E-state index in [1.807, 2.05) is 38.1 Å². The summed E-state index contributed by atoms with van der Waals surface area (Å²) in [5, 5.41) is 3.19. The number of nitrogens with two attached hydrogens (primary N) is 1. The minimum absolute atomic E-state index is 0.0361. The number of fused-ring (bicyclic) bond motifs is 1. The Hall–Kier alpha value is -1.36. The molecule has 1 aliphatic rings. The van der Waals surface area contributed by atoms with Gasteiger partial charge < -0.3 is 20.8 Å². The third-order valence-corrected chi connectivity index (χ3v) is 6.34. The van der Waals surface area contributed by atoms with Gasteiger partial charge in [0.2, 0.25) is 5.91 Å². The minimum atomic E-state index is -4.07. The molecule has 0 bridgehead atoms. The lowest BCUT2D eigenvalue weighted by atomic mass is 9.63. The second kappa shape index (κ2) is 7.26. The van der Waals surface area contributed by atoms with Crippen molar-refractivity contribution in [3.63, 3.8) is 0 Å². The molecule has 0 aliphatic carbocycles. The summed E-state index contributed by atoms with van der Waals surface area (Å²) in [6, 6.07) is 7.36. The first kappa shape index (κ1) is 19.0. The SMILES string of the molecule is CCC(CC)(CCP(=O)(O)O)C1CC(C(N)=O)Nc2ccccc21. The molecule has 1 heterocycles. The number of anilines is 1. The van der Waals surface area contributed by atoms with E-state index in [1.54, 1.807) is 0 Å². The number of nitrogens with one attached hydrogen (secondary N) is 1. The van der Waals surface area contributed by atoms with Gasteiger partial charge in [0, 0.05) is 5.69 Å². The van der Waals surface area contributed by atoms with Crippen LogP contribution in [0, 0.1) is 5.41 Å². The standard InChI is InChI=1S/C17H27N2O4P/c1-3-17(4-2,9-10-24(21,22)23)13-11-15(16(18)20)19-14-8-6-5-7-12(13)14/h5-8,13,15,19H,3-4,9-11H2,1-2H3,(H2,18,20)(H2,21,22,23). The van der Waals surface area contributed by atoms with Gasteiger partial charge in [-0.3, -0.25) is 9.36 Å². The molecular formula is C17H27N2O4P. The lowest BCUT2D eigenvalue weighted by molar-refractivity contribution is -0.119. The average molecular weight is 354 g/mol. The van der Waals surface area contributed by atoms with Crippen molar-refractivity contribution in [1.82, 2.24) is 0 Å². The normalized spacial score (nSPS) is 21.0. The number of para-hydroxylation sites is 1. The number of carbonyl (C=O) groups excluding carboxylic acids is 1. The Morgan fingerprint density at radius 3 is 2.50 bits per heavy atom. The maximum atomic E-state index is 11.8. The Bertz CT molecular complexity index is 639. The second-order valence-corrected chi connectivity index (χ2v) is 8.46. The van der Waals surface area contributed by atoms with Gasteiger partial charge in [-0.05, 0) is 48.6 Å². The molecule has 0 saturated heterocycles. The van der Waals surface area contributed by atoms with Gasteiger partial charge in [0.1, 0.15) is 6.04 Å². The highest BCUT2D eigenvalue weighted by atomic mass is 31.2. The molecule has 0 aromatic heterocycles. The molecule has 5 N–H and O–H groups in total. The number of amides is 1. The number of carbonyl (C=O) groups is 1. The van der Waals surface area contributed by atoms with Gasteiger partial charge in [0.15, 0.2) is 0 Å². The highest BCUT2D eigenvalue weighted by Gasteiger charge is 2.43. The highest BCUT2D eigenvalue weighted by Crippen LogP contribution is 2.53. The molecule has 134 valence electrons. The molecular weight excluding hydrogens is 327 g/mol. The van der Waals surface area contributed by atoms with Crippen molar-refractivity contribution >= 4 is 19.2 Å². The molecule has 2 rings (SSSR count). The molecule has 24 heavy (non-hydrogen) atoms. The third kappa shape index (κ3) is 4.00. The Kier molecular flexibility index (Phi) is 5.74. The van der Waals surface area contributed by atoms with Crippen LogP contribution in [0.25, 0.3) is 0 Å². The van der Waals surface area contributed by atoms with E-state index in [0.29, 0.717) is 12.8 Å². The van der Waals surface area contributed by atoms with Crippen molar-refractivity contribution < 1.29 is 19.1 Å². The number of hydrogen-bond acceptors (Lipinski definition) is 3. The van der Waals surface area contributed by atoms with Crippen LogP contribution in [0.3, 0.4) is 0 Å². The van der Waals surface area contributed by atoms with Gasteiger partial charge in [0.05, 0.1) is 6.16 Å². The van der Waals surface area contributed by atoms with Crippen LogP contribution in [0.4, 0.5) is 5.69 Å². The predicted molar refractivity (Wildman–Crippen MR) is 94.9 cm³/mol. The van der Waals surface area contributed by atoms with Crippen molar-refractivity contribution in [3.05, 3.63) is 29.8 Å². The quantitative estimate of drug-likeness (QED) is 0.563. The van der Waals surface area contributed by atoms with Crippen molar-refractivity contribution in [3.8, 4) is 0 Å². The van der Waals surface area contributed by atoms with Gasteiger partial charge in [-0.15, -0.1) is 0 Å². The fraction of sp³-hybridized carbons (Fsp3) is 0.588. The zero-order valence-electron chi connectivity index (χ0n) is 14.2. The van der Waals surface area contributed by atoms with E-state index in [2.05, 4.69) is 5.32 Å². The summed E-state index contributed by atoms with van der Waals surface area (Å²) in [6.45, 7) is 4.10. The summed E-state index contributed by atoms with van der Waals surface area (Å²) < 4.78 is 11.4. The molecule has 2 unspecified atom stereocenters. The van der Waals surface area contributed by atoms with E-state index in [0.717, 1.165) is 24.1 Å². The average Bonchev–Trinajstić information content (AvgIpc) is 2.54. The topological polar surface area (TPSA) is 113 Å². The van der Waals surface area contributed by atoms with Gasteiger partial charge in [0.25, 0.3) is 0 Å². The predicted octanol–water partition coefficient (Wildman–Crippen LogP) is 2.81. The zero-order chi connectivity index (χ0) is 18.0. The van der Waals surface area contributed by atoms with Crippen LogP contribution in [-0.2, 0) is 9.36 Å². The summed E-state index contributed by atoms with van der Waals surface area (Å²) in [6.07, 6.45) is 2.41. The van der Waals surface area contributed by atoms with Crippen LogP contribution in [0.2, 0.25) is 0 Å². The third-order valence-electron chi connectivity index (χ3n) is 5.53. The van der Waals surface area contributed by atoms with E-state index in [-0.39, 0.29) is 17.5 Å². The van der Waals surface area contributed by atoms with Crippen LogP contribution in [-0.4, -0.2) is 27.9 Å². The van der Waals surface area contributed by atoms with Crippen LogP contribution in [0.1, 0.15) is 51.0 Å². The number of hydrogen-bond donors (Lipinski definition) is 4. The summed E-state index contributed by atoms with van der Waals surface area (Å²) in [4.78, 5) is 30.4. The van der Waals surface area contributed by atoms with E-state index in [4.69, 9.17) is 5.73 Å². The van der Waals surface area contributed by atoms with Gasteiger partial charge in [-0.2, -0.15) is 0 Å². The highest BCUT2D eigenvalue weighted by molar-refractivity contribution is 7.51. The van der Waals surface area contributed by atoms with E-state index < -0.39 is 19.5 Å². The molecule has 7 heteroatoms. The maximum absolute atomic E-state index is 11.8. The Labute approximate surface area is 143 Å². The van der Waals surface area contributed by atoms with Crippen molar-refractivity contribution in [2.24, 2.45) is 11.1 Å². The lowest BCUT2D eigenvalue weighted by Gasteiger charge is -2.45. The Morgan fingerprint density at radius 2 is 1.96 bits per heavy atom. The fourth-order valence-electron chi connectivity index (χ4n) is 3.95. The monoisotopic (exact) mass is 354 g/mol. The first-order valence-corrected chi connectivity index (χ1v) is 10.2. The smallest absolute Gasteiger partial charge is 0.325 e. The summed E-state index contributed by atoms with van der Waals surface area (Å²) in [7, 11) is -4.07. The van der Waals surface area contributed by atoms with Gasteiger partial charge >= 0.3 is 7.60 Å². The Balaban J connectivity index is 2.43. The van der Waals surface area contributed by atoms with Crippen LogP contribution >= 0.6 is 7.60 Å². The molecule has 1 amide bonds. The summed E-state index contributed by atoms with van der Waals surface area (Å²) >= 11 is 0. The molecule has 6 nitrogen and oxygen atoms in total. The van der Waals surface area contributed by atoms with Gasteiger partial charge in [-0.25, -0.2) is 0 Å². The minimum Gasteiger partial charge on any atom is -0.373 e. The number of rotatable bonds is 7. The van der Waals surface area contributed by atoms with Crippen LogP contribution in [0.15, 0.2) is 24.3 Å². The second-order valence-electron chi connectivity index (χ2n) is 6.68. The van der Waals surface area contributed by atoms with Crippen LogP contribution < -0.4 is 11.1 Å². The van der Waals surface area contributed by atoms with Crippen molar-refractivity contribution in [1.29, 1.82) is 0 Å². The van der Waals surface area contributed by atoms with Crippen molar-refractivity contribution in [2.75, 3.05) is 11.5 Å². The maximum Gasteiger partial charge on any atom is 0.325 e. The van der Waals surface area contributed by atoms with Crippen LogP contribution in [0.5, 0.6) is 0 Å². The molecule has 1 aromatic rings. The molecule has 0 spiro atoms. The summed E-state index contributed by atoms with van der Waals surface area (Å²) in [5.74, 6) is -0.361. The molecule has 1 aliphatic heterocycles. The molecule has 0 fully saturated rings. The first-order chi connectivity index (χ1) is 11.2. The Morgan fingerprint density at radius 1 is 1.33 bits per heavy atom. The molecule has 0 radical (unpaired) electrons. The lowest BCUT2D eigenvalue weighted by Crippen LogP contribution is -2.43. The largest absolute Gasteiger partial charge is 0.373 e. The molecule has 2 atom stereocenters. The van der Waals surface area contributed by atoms with Gasteiger partial charge in [-0.1, -0.05) is 32.0 Å².